The van der Waals surface area contributed by atoms with Gasteiger partial charge in [-0.15, -0.1) is 0 Å². The predicted molar refractivity (Wildman–Crippen MR) is 122 cm³/mol. The van der Waals surface area contributed by atoms with Gasteiger partial charge in [0.05, 0.1) is 31.1 Å². The summed E-state index contributed by atoms with van der Waals surface area (Å²) < 4.78 is 5.26. The molecule has 3 rings (SSSR count). The maximum Gasteiger partial charge on any atom is 0.248 e. The van der Waals surface area contributed by atoms with Gasteiger partial charge in [0.1, 0.15) is 5.03 Å². The maximum absolute atomic E-state index is 12.3. The van der Waals surface area contributed by atoms with Crippen LogP contribution in [0.4, 0.5) is 0 Å². The molecule has 1 aromatic carbocycles. The number of aromatic nitrogens is 2. The van der Waals surface area contributed by atoms with E-state index in [1.54, 1.807) is 11.0 Å². The summed E-state index contributed by atoms with van der Waals surface area (Å²) in [5, 5.41) is 1.12. The molecule has 1 aromatic heterocycles. The van der Waals surface area contributed by atoms with E-state index in [-0.39, 0.29) is 35.6 Å². The van der Waals surface area contributed by atoms with Crippen molar-refractivity contribution in [1.29, 1.82) is 0 Å². The van der Waals surface area contributed by atoms with Crippen molar-refractivity contribution >= 4 is 41.2 Å². The first kappa shape index (κ1) is 24.0. The van der Waals surface area contributed by atoms with Crippen LogP contribution in [-0.2, 0) is 25.5 Å². The molecule has 0 atom stereocenters. The lowest BCUT2D eigenvalue weighted by Gasteiger charge is -2.26. The van der Waals surface area contributed by atoms with E-state index < -0.39 is 0 Å². The number of rotatable bonds is 8. The molecule has 1 aliphatic rings. The lowest BCUT2D eigenvalue weighted by Crippen LogP contribution is -2.43. The first-order chi connectivity index (χ1) is 15.5. The van der Waals surface area contributed by atoms with E-state index in [0.29, 0.717) is 36.5 Å². The van der Waals surface area contributed by atoms with Gasteiger partial charge in [0.15, 0.2) is 5.16 Å². The number of morpholine rings is 1. The third-order valence-electron chi connectivity index (χ3n) is 4.40. The van der Waals surface area contributed by atoms with E-state index >= 15 is 0 Å². The Morgan fingerprint density at radius 2 is 1.72 bits per heavy atom. The second-order valence-corrected chi connectivity index (χ2v) is 8.90. The highest BCUT2D eigenvalue weighted by molar-refractivity contribution is 8.00. The van der Waals surface area contributed by atoms with E-state index in [1.807, 2.05) is 37.3 Å². The summed E-state index contributed by atoms with van der Waals surface area (Å²) in [5.74, 6) is -0.274. The Morgan fingerprint density at radius 3 is 2.47 bits per heavy atom. The fraction of sp³-hybridized carbons (Fsp3) is 0.381. The maximum atomic E-state index is 12.3. The molecule has 1 fully saturated rings. The van der Waals surface area contributed by atoms with Crippen molar-refractivity contribution in [2.75, 3.05) is 37.8 Å². The van der Waals surface area contributed by atoms with E-state index in [9.17, 15) is 14.4 Å². The van der Waals surface area contributed by atoms with Gasteiger partial charge in [-0.3, -0.25) is 25.2 Å². The summed E-state index contributed by atoms with van der Waals surface area (Å²) in [7, 11) is 0. The summed E-state index contributed by atoms with van der Waals surface area (Å²) in [6.07, 6.45) is 0.184. The van der Waals surface area contributed by atoms with Gasteiger partial charge in [0.2, 0.25) is 17.7 Å². The van der Waals surface area contributed by atoms with Gasteiger partial charge >= 0.3 is 0 Å². The Kier molecular flexibility index (Phi) is 9.32. The number of carbonyl (C=O) groups excluding carboxylic acids is 3. The number of ether oxygens (including phenoxy) is 1. The molecule has 2 heterocycles. The van der Waals surface area contributed by atoms with Crippen molar-refractivity contribution < 1.29 is 19.1 Å². The van der Waals surface area contributed by atoms with Crippen LogP contribution in [0.25, 0.3) is 0 Å². The number of carbonyl (C=O) groups is 3. The Hall–Kier alpha value is -2.63. The van der Waals surface area contributed by atoms with Crippen LogP contribution < -0.4 is 10.9 Å². The normalized spacial score (nSPS) is 13.5. The smallest absolute Gasteiger partial charge is 0.248 e. The largest absolute Gasteiger partial charge is 0.378 e. The number of amides is 3. The SMILES string of the molecule is Cc1cc(SCC(=O)NNC(=O)Cc2ccccc2)nc(SCC(=O)N2CCOCC2)n1. The molecule has 0 aliphatic carbocycles. The van der Waals surface area contributed by atoms with Crippen LogP contribution in [0.15, 0.2) is 46.6 Å². The quantitative estimate of drug-likeness (QED) is 0.254. The number of nitrogens with zero attached hydrogens (tertiary/aromatic N) is 3. The Balaban J connectivity index is 1.42. The molecule has 2 N–H and O–H groups in total. The minimum atomic E-state index is -0.343. The van der Waals surface area contributed by atoms with Crippen LogP contribution in [0, 0.1) is 6.92 Å². The highest BCUT2D eigenvalue weighted by Crippen LogP contribution is 2.21. The third-order valence-corrected chi connectivity index (χ3v) is 6.14. The molecule has 3 amide bonds. The minimum absolute atomic E-state index is 0.0308. The Morgan fingerprint density at radius 1 is 1.00 bits per heavy atom. The van der Waals surface area contributed by atoms with Crippen molar-refractivity contribution in [3.8, 4) is 0 Å². The molecular formula is C21H25N5O4S2. The molecule has 0 spiro atoms. The molecule has 170 valence electrons. The number of thioether (sulfide) groups is 2. The number of hydrogen-bond acceptors (Lipinski definition) is 8. The van der Waals surface area contributed by atoms with Crippen molar-refractivity contribution in [2.24, 2.45) is 0 Å². The van der Waals surface area contributed by atoms with Crippen molar-refractivity contribution in [3.05, 3.63) is 47.7 Å². The van der Waals surface area contributed by atoms with Crippen molar-refractivity contribution in [2.45, 2.75) is 23.5 Å². The van der Waals surface area contributed by atoms with Gasteiger partial charge in [-0.25, -0.2) is 9.97 Å². The molecule has 1 aliphatic heterocycles. The number of benzene rings is 1. The van der Waals surface area contributed by atoms with Crippen LogP contribution in [0.3, 0.4) is 0 Å². The predicted octanol–water partition coefficient (Wildman–Crippen LogP) is 1.22. The lowest BCUT2D eigenvalue weighted by atomic mass is 10.1. The highest BCUT2D eigenvalue weighted by atomic mass is 32.2. The molecule has 0 bridgehead atoms. The average Bonchev–Trinajstić information content (AvgIpc) is 2.81. The first-order valence-corrected chi connectivity index (χ1v) is 12.0. The minimum Gasteiger partial charge on any atom is -0.378 e. The van der Waals surface area contributed by atoms with E-state index in [0.717, 1.165) is 11.3 Å². The summed E-state index contributed by atoms with van der Waals surface area (Å²) in [4.78, 5) is 46.9. The molecule has 1 saturated heterocycles. The standard InChI is InChI=1S/C21H25N5O4S2/c1-15-11-19(23-21(22-15)32-14-20(29)26-7-9-30-10-8-26)31-13-18(28)25-24-17(27)12-16-5-3-2-4-6-16/h2-6,11H,7-10,12-14H2,1H3,(H,24,27)(H,25,28). The molecule has 9 nitrogen and oxygen atoms in total. The number of nitrogens with one attached hydrogen (secondary N) is 2. The molecule has 0 saturated carbocycles. The molecule has 0 radical (unpaired) electrons. The topological polar surface area (TPSA) is 114 Å². The summed E-state index contributed by atoms with van der Waals surface area (Å²) in [6.45, 7) is 4.17. The Labute approximate surface area is 195 Å². The van der Waals surface area contributed by atoms with Crippen molar-refractivity contribution in [3.63, 3.8) is 0 Å². The fourth-order valence-corrected chi connectivity index (χ4v) is 4.44. The van der Waals surface area contributed by atoms with Gasteiger partial charge in [0, 0.05) is 18.8 Å². The summed E-state index contributed by atoms with van der Waals surface area (Å²) in [6, 6.07) is 11.1. The zero-order chi connectivity index (χ0) is 22.8. The van der Waals surface area contributed by atoms with Gasteiger partial charge in [-0.05, 0) is 18.6 Å². The van der Waals surface area contributed by atoms with Crippen molar-refractivity contribution in [1.82, 2.24) is 25.7 Å². The second-order valence-electron chi connectivity index (χ2n) is 6.96. The van der Waals surface area contributed by atoms with Crippen LogP contribution >= 0.6 is 23.5 Å². The van der Waals surface area contributed by atoms with Gasteiger partial charge in [-0.2, -0.15) is 0 Å². The van der Waals surface area contributed by atoms with Crippen LogP contribution in [-0.4, -0.2) is 70.4 Å². The fourth-order valence-electron chi connectivity index (χ4n) is 2.82. The average molecular weight is 476 g/mol. The Bertz CT molecular complexity index is 939. The summed E-state index contributed by atoms with van der Waals surface area (Å²) in [5.41, 5.74) is 6.44. The lowest BCUT2D eigenvalue weighted by molar-refractivity contribution is -0.132. The van der Waals surface area contributed by atoms with Gasteiger partial charge in [0.25, 0.3) is 0 Å². The highest BCUT2D eigenvalue weighted by Gasteiger charge is 2.17. The van der Waals surface area contributed by atoms with Crippen LogP contribution in [0.2, 0.25) is 0 Å². The zero-order valence-electron chi connectivity index (χ0n) is 17.7. The second kappa shape index (κ2) is 12.4. The van der Waals surface area contributed by atoms with Gasteiger partial charge < -0.3 is 9.64 Å². The molecule has 2 aromatic rings. The van der Waals surface area contributed by atoms with Crippen LogP contribution in [0.1, 0.15) is 11.3 Å². The van der Waals surface area contributed by atoms with Crippen LogP contribution in [0.5, 0.6) is 0 Å². The van der Waals surface area contributed by atoms with Gasteiger partial charge in [-0.1, -0.05) is 53.9 Å². The number of hydrazine groups is 1. The molecular weight excluding hydrogens is 450 g/mol. The summed E-state index contributed by atoms with van der Waals surface area (Å²) >= 11 is 2.51. The van der Waals surface area contributed by atoms with E-state index in [2.05, 4.69) is 20.8 Å². The number of hydrogen-bond donors (Lipinski definition) is 2. The monoisotopic (exact) mass is 475 g/mol. The first-order valence-electron chi connectivity index (χ1n) is 10.1. The van der Waals surface area contributed by atoms with E-state index in [1.165, 1.54) is 23.5 Å². The third kappa shape index (κ3) is 8.13. The molecule has 32 heavy (non-hydrogen) atoms. The number of aryl methyl sites for hydroxylation is 1. The molecule has 0 unspecified atom stereocenters. The van der Waals surface area contributed by atoms with E-state index in [4.69, 9.17) is 4.74 Å². The zero-order valence-corrected chi connectivity index (χ0v) is 19.3. The molecule has 11 heteroatoms.